The SMILES string of the molecule is CN(C(=O)CC(C)(C)C(=O)O)c1cccc(C#N)c1. The van der Waals surface area contributed by atoms with Crippen molar-refractivity contribution in [3.8, 4) is 6.07 Å². The first-order chi connectivity index (χ1) is 8.77. The summed E-state index contributed by atoms with van der Waals surface area (Å²) in [7, 11) is 1.57. The molecule has 0 atom stereocenters. The van der Waals surface area contributed by atoms with E-state index in [0.29, 0.717) is 11.3 Å². The van der Waals surface area contributed by atoms with Crippen LogP contribution in [0, 0.1) is 16.7 Å². The fraction of sp³-hybridized carbons (Fsp3) is 0.357. The Morgan fingerprint density at radius 3 is 2.58 bits per heavy atom. The molecule has 0 radical (unpaired) electrons. The van der Waals surface area contributed by atoms with Gasteiger partial charge in [-0.15, -0.1) is 0 Å². The molecule has 0 aliphatic carbocycles. The van der Waals surface area contributed by atoms with E-state index in [1.54, 1.807) is 31.3 Å². The van der Waals surface area contributed by atoms with Crippen LogP contribution in [-0.4, -0.2) is 24.0 Å². The second-order valence-electron chi connectivity index (χ2n) is 4.98. The van der Waals surface area contributed by atoms with Crippen molar-refractivity contribution in [2.45, 2.75) is 20.3 Å². The molecule has 0 spiro atoms. The van der Waals surface area contributed by atoms with Gasteiger partial charge in [0.1, 0.15) is 0 Å². The largest absolute Gasteiger partial charge is 0.481 e. The monoisotopic (exact) mass is 260 g/mol. The molecule has 5 heteroatoms. The molecule has 0 saturated carbocycles. The van der Waals surface area contributed by atoms with Gasteiger partial charge in [0.25, 0.3) is 0 Å². The first-order valence-electron chi connectivity index (χ1n) is 5.78. The Balaban J connectivity index is 2.88. The van der Waals surface area contributed by atoms with Crippen LogP contribution in [0.2, 0.25) is 0 Å². The maximum Gasteiger partial charge on any atom is 0.309 e. The summed E-state index contributed by atoms with van der Waals surface area (Å²) >= 11 is 0. The lowest BCUT2D eigenvalue weighted by Gasteiger charge is -2.23. The van der Waals surface area contributed by atoms with E-state index in [1.165, 1.54) is 18.7 Å². The zero-order valence-corrected chi connectivity index (χ0v) is 11.2. The Hall–Kier alpha value is -2.35. The molecule has 0 fully saturated rings. The number of carboxylic acid groups (broad SMARTS) is 1. The summed E-state index contributed by atoms with van der Waals surface area (Å²) in [6.07, 6.45) is -0.102. The minimum atomic E-state index is -1.11. The van der Waals surface area contributed by atoms with Crippen molar-refractivity contribution in [3.05, 3.63) is 29.8 Å². The van der Waals surface area contributed by atoms with E-state index in [-0.39, 0.29) is 12.3 Å². The molecule has 0 aromatic heterocycles. The highest BCUT2D eigenvalue weighted by Crippen LogP contribution is 2.23. The summed E-state index contributed by atoms with van der Waals surface area (Å²) < 4.78 is 0. The van der Waals surface area contributed by atoms with Gasteiger partial charge < -0.3 is 10.0 Å². The van der Waals surface area contributed by atoms with Crippen molar-refractivity contribution in [2.75, 3.05) is 11.9 Å². The molecule has 0 aliphatic heterocycles. The van der Waals surface area contributed by atoms with Gasteiger partial charge in [-0.1, -0.05) is 6.07 Å². The van der Waals surface area contributed by atoms with Gasteiger partial charge >= 0.3 is 5.97 Å². The van der Waals surface area contributed by atoms with E-state index < -0.39 is 11.4 Å². The van der Waals surface area contributed by atoms with Gasteiger partial charge in [-0.25, -0.2) is 0 Å². The molecule has 100 valence electrons. The van der Waals surface area contributed by atoms with Crippen LogP contribution < -0.4 is 4.90 Å². The van der Waals surface area contributed by atoms with Crippen LogP contribution >= 0.6 is 0 Å². The van der Waals surface area contributed by atoms with Crippen molar-refractivity contribution in [1.29, 1.82) is 5.26 Å². The Morgan fingerprint density at radius 2 is 2.05 bits per heavy atom. The van der Waals surface area contributed by atoms with Gasteiger partial charge in [-0.05, 0) is 32.0 Å². The summed E-state index contributed by atoms with van der Waals surface area (Å²) in [5.74, 6) is -1.32. The van der Waals surface area contributed by atoms with Crippen LogP contribution in [0.1, 0.15) is 25.8 Å². The first kappa shape index (κ1) is 14.7. The van der Waals surface area contributed by atoms with Crippen molar-refractivity contribution in [3.63, 3.8) is 0 Å². The predicted molar refractivity (Wildman–Crippen MR) is 70.6 cm³/mol. The molecule has 0 unspecified atom stereocenters. The van der Waals surface area contributed by atoms with Gasteiger partial charge in [0, 0.05) is 19.2 Å². The van der Waals surface area contributed by atoms with E-state index in [2.05, 4.69) is 0 Å². The molecule has 0 heterocycles. The summed E-state index contributed by atoms with van der Waals surface area (Å²) in [4.78, 5) is 24.4. The van der Waals surface area contributed by atoms with Crippen molar-refractivity contribution >= 4 is 17.6 Å². The number of carboxylic acids is 1. The van der Waals surface area contributed by atoms with Crippen molar-refractivity contribution in [2.24, 2.45) is 5.41 Å². The third-order valence-electron chi connectivity index (χ3n) is 2.91. The number of anilines is 1. The molecule has 1 N–H and O–H groups in total. The number of carbonyl (C=O) groups excluding carboxylic acids is 1. The molecule has 1 aromatic carbocycles. The highest BCUT2D eigenvalue weighted by Gasteiger charge is 2.31. The number of rotatable bonds is 4. The second kappa shape index (κ2) is 5.53. The Labute approximate surface area is 112 Å². The predicted octanol–water partition coefficient (Wildman–Crippen LogP) is 2.02. The number of nitrogens with zero attached hydrogens (tertiary/aromatic N) is 2. The summed E-state index contributed by atoms with van der Waals surface area (Å²) in [5, 5.41) is 17.8. The third kappa shape index (κ3) is 3.55. The number of hydrogen-bond acceptors (Lipinski definition) is 3. The van der Waals surface area contributed by atoms with Crippen LogP contribution in [0.15, 0.2) is 24.3 Å². The number of aliphatic carboxylic acids is 1. The molecular weight excluding hydrogens is 244 g/mol. The number of nitriles is 1. The number of benzene rings is 1. The molecule has 0 bridgehead atoms. The lowest BCUT2D eigenvalue weighted by Crippen LogP contribution is -2.34. The zero-order chi connectivity index (χ0) is 14.6. The number of carbonyl (C=O) groups is 2. The van der Waals surface area contributed by atoms with Gasteiger partial charge in [0.05, 0.1) is 17.0 Å². The average Bonchev–Trinajstić information content (AvgIpc) is 2.37. The van der Waals surface area contributed by atoms with E-state index >= 15 is 0 Å². The summed E-state index contributed by atoms with van der Waals surface area (Å²) in [5.41, 5.74) is -0.0852. The first-order valence-corrected chi connectivity index (χ1v) is 5.78. The normalized spacial score (nSPS) is 10.6. The third-order valence-corrected chi connectivity index (χ3v) is 2.91. The molecule has 1 amide bonds. The van der Waals surface area contributed by atoms with Gasteiger partial charge in [-0.2, -0.15) is 5.26 Å². The van der Waals surface area contributed by atoms with Gasteiger partial charge in [0.15, 0.2) is 0 Å². The topological polar surface area (TPSA) is 81.4 Å². The fourth-order valence-corrected chi connectivity index (χ4v) is 1.50. The second-order valence-corrected chi connectivity index (χ2v) is 4.98. The minimum absolute atomic E-state index is 0.102. The average molecular weight is 260 g/mol. The molecule has 1 aromatic rings. The lowest BCUT2D eigenvalue weighted by molar-refractivity contribution is -0.149. The van der Waals surface area contributed by atoms with Crippen LogP contribution in [-0.2, 0) is 9.59 Å². The summed E-state index contributed by atoms with van der Waals surface area (Å²) in [6, 6.07) is 8.61. The van der Waals surface area contributed by atoms with Gasteiger partial charge in [-0.3, -0.25) is 9.59 Å². The highest BCUT2D eigenvalue weighted by atomic mass is 16.4. The van der Waals surface area contributed by atoms with Crippen molar-refractivity contribution in [1.82, 2.24) is 0 Å². The molecule has 5 nitrogen and oxygen atoms in total. The standard InChI is InChI=1S/C14H16N2O3/c1-14(2,13(18)19)8-12(17)16(3)11-6-4-5-10(7-11)9-15/h4-7H,8H2,1-3H3,(H,18,19). The van der Waals surface area contributed by atoms with E-state index in [1.807, 2.05) is 6.07 Å². The molecule has 19 heavy (non-hydrogen) atoms. The van der Waals surface area contributed by atoms with Crippen LogP contribution in [0.4, 0.5) is 5.69 Å². The van der Waals surface area contributed by atoms with Crippen LogP contribution in [0.3, 0.4) is 0 Å². The number of hydrogen-bond donors (Lipinski definition) is 1. The van der Waals surface area contributed by atoms with E-state index in [9.17, 15) is 9.59 Å². The van der Waals surface area contributed by atoms with E-state index in [4.69, 9.17) is 10.4 Å². The zero-order valence-electron chi connectivity index (χ0n) is 11.2. The number of amides is 1. The quantitative estimate of drug-likeness (QED) is 0.898. The minimum Gasteiger partial charge on any atom is -0.481 e. The summed E-state index contributed by atoms with van der Waals surface area (Å²) in [6.45, 7) is 3.01. The molecular formula is C14H16N2O3. The Bertz CT molecular complexity index is 544. The Kier molecular flexibility index (Phi) is 4.28. The highest BCUT2D eigenvalue weighted by molar-refractivity contribution is 5.95. The molecule has 1 rings (SSSR count). The Morgan fingerprint density at radius 1 is 1.42 bits per heavy atom. The maximum atomic E-state index is 12.0. The van der Waals surface area contributed by atoms with E-state index in [0.717, 1.165) is 0 Å². The molecule has 0 aliphatic rings. The van der Waals surface area contributed by atoms with Gasteiger partial charge in [0.2, 0.25) is 5.91 Å². The smallest absolute Gasteiger partial charge is 0.309 e. The molecule has 0 saturated heterocycles. The van der Waals surface area contributed by atoms with Crippen LogP contribution in [0.5, 0.6) is 0 Å². The fourth-order valence-electron chi connectivity index (χ4n) is 1.50. The lowest BCUT2D eigenvalue weighted by atomic mass is 9.89. The maximum absolute atomic E-state index is 12.0. The van der Waals surface area contributed by atoms with Crippen molar-refractivity contribution < 1.29 is 14.7 Å². The van der Waals surface area contributed by atoms with Crippen LogP contribution in [0.25, 0.3) is 0 Å².